The quantitative estimate of drug-likeness (QED) is 0.468. The fraction of sp³-hybridized carbons (Fsp3) is 0.333. The van der Waals surface area contributed by atoms with Gasteiger partial charge in [0.25, 0.3) is 0 Å². The van der Waals surface area contributed by atoms with Gasteiger partial charge in [0.05, 0.1) is 6.10 Å². The first kappa shape index (κ1) is 5.92. The van der Waals surface area contributed by atoms with E-state index in [1.165, 1.54) is 0 Å². The third-order valence-electron chi connectivity index (χ3n) is 1.06. The normalized spacial score (nSPS) is 27.8. The maximum Gasteiger partial charge on any atom is 0.0759 e. The molecule has 0 aromatic rings. The third kappa shape index (κ3) is 1.39. The lowest BCUT2D eigenvalue weighted by Crippen LogP contribution is -2.02. The molecule has 0 aromatic heterocycles. The Morgan fingerprint density at radius 3 is 2.88 bits per heavy atom. The summed E-state index contributed by atoms with van der Waals surface area (Å²) in [7, 11) is 0. The molecule has 0 heterocycles. The van der Waals surface area contributed by atoms with Crippen molar-refractivity contribution in [2.75, 3.05) is 0 Å². The summed E-state index contributed by atoms with van der Waals surface area (Å²) in [5.41, 5.74) is 0. The summed E-state index contributed by atoms with van der Waals surface area (Å²) < 4.78 is 0. The zero-order valence-corrected chi connectivity index (χ0v) is 5.31. The van der Waals surface area contributed by atoms with E-state index in [-0.39, 0.29) is 6.10 Å². The highest BCUT2D eigenvalue weighted by atomic mass is 32.1. The van der Waals surface area contributed by atoms with Crippen molar-refractivity contribution in [3.05, 3.63) is 23.1 Å². The number of hydrogen-bond acceptors (Lipinski definition) is 2. The van der Waals surface area contributed by atoms with Crippen LogP contribution in [0.3, 0.4) is 0 Å². The highest BCUT2D eigenvalue weighted by Gasteiger charge is 1.99. The predicted octanol–water partition coefficient (Wildman–Crippen LogP) is 1.12. The molecule has 8 heavy (non-hydrogen) atoms. The maximum absolute atomic E-state index is 8.86. The number of thiol groups is 1. The van der Waals surface area contributed by atoms with Crippen LogP contribution in [0.15, 0.2) is 23.1 Å². The first-order valence-corrected chi connectivity index (χ1v) is 2.99. The minimum absolute atomic E-state index is 0.286. The zero-order chi connectivity index (χ0) is 5.98. The van der Waals surface area contributed by atoms with Crippen molar-refractivity contribution in [1.29, 1.82) is 0 Å². The van der Waals surface area contributed by atoms with Gasteiger partial charge in [0.15, 0.2) is 0 Å². The second kappa shape index (κ2) is 2.37. The van der Waals surface area contributed by atoms with Crippen LogP contribution in [0.2, 0.25) is 0 Å². The Hall–Kier alpha value is -0.210. The van der Waals surface area contributed by atoms with Gasteiger partial charge in [0.2, 0.25) is 0 Å². The van der Waals surface area contributed by atoms with Crippen LogP contribution in [-0.4, -0.2) is 11.2 Å². The molecule has 1 rings (SSSR count). The number of rotatable bonds is 0. The highest BCUT2D eigenvalue weighted by molar-refractivity contribution is 7.84. The molecule has 0 saturated heterocycles. The van der Waals surface area contributed by atoms with Crippen molar-refractivity contribution in [3.8, 4) is 0 Å². The van der Waals surface area contributed by atoms with E-state index in [0.29, 0.717) is 6.42 Å². The highest BCUT2D eigenvalue weighted by Crippen LogP contribution is 2.12. The molecule has 0 aromatic carbocycles. The summed E-state index contributed by atoms with van der Waals surface area (Å²) in [5, 5.41) is 8.86. The van der Waals surface area contributed by atoms with Crippen LogP contribution < -0.4 is 0 Å². The van der Waals surface area contributed by atoms with E-state index >= 15 is 0 Å². The molecule has 1 aliphatic rings. The molecule has 1 nitrogen and oxygen atoms in total. The predicted molar refractivity (Wildman–Crippen MR) is 36.8 cm³/mol. The van der Waals surface area contributed by atoms with Crippen LogP contribution in [0.1, 0.15) is 6.42 Å². The fourth-order valence-corrected chi connectivity index (χ4v) is 0.789. The van der Waals surface area contributed by atoms with E-state index in [2.05, 4.69) is 12.6 Å². The second-order valence-electron chi connectivity index (χ2n) is 1.79. The van der Waals surface area contributed by atoms with Crippen molar-refractivity contribution >= 4 is 12.6 Å². The molecule has 0 bridgehead atoms. The Labute approximate surface area is 54.1 Å². The largest absolute Gasteiger partial charge is 0.389 e. The lowest BCUT2D eigenvalue weighted by atomic mass is 10.1. The van der Waals surface area contributed by atoms with Crippen LogP contribution in [0.5, 0.6) is 0 Å². The Bertz CT molecular complexity index is 137. The summed E-state index contributed by atoms with van der Waals surface area (Å²) in [4.78, 5) is 0.940. The van der Waals surface area contributed by atoms with Crippen LogP contribution in [-0.2, 0) is 0 Å². The van der Waals surface area contributed by atoms with Gasteiger partial charge in [0, 0.05) is 0 Å². The summed E-state index contributed by atoms with van der Waals surface area (Å²) >= 11 is 4.07. The van der Waals surface area contributed by atoms with E-state index in [9.17, 15) is 0 Å². The van der Waals surface area contributed by atoms with Gasteiger partial charge >= 0.3 is 0 Å². The number of allylic oxidation sites excluding steroid dienone is 1. The standard InChI is InChI=1S/C6H8OS/c7-5-1-3-6(8)4-2-5/h1,3-5,7-8H,2H2/t5-/m1/s1. The van der Waals surface area contributed by atoms with Gasteiger partial charge in [-0.3, -0.25) is 0 Å². The molecule has 1 aliphatic carbocycles. The first-order chi connectivity index (χ1) is 3.79. The monoisotopic (exact) mass is 128 g/mol. The van der Waals surface area contributed by atoms with Gasteiger partial charge in [-0.05, 0) is 11.3 Å². The number of aliphatic hydroxyl groups excluding tert-OH is 1. The van der Waals surface area contributed by atoms with Crippen molar-refractivity contribution in [1.82, 2.24) is 0 Å². The molecule has 0 radical (unpaired) electrons. The van der Waals surface area contributed by atoms with Gasteiger partial charge in [-0.1, -0.05) is 18.2 Å². The van der Waals surface area contributed by atoms with Crippen molar-refractivity contribution in [3.63, 3.8) is 0 Å². The van der Waals surface area contributed by atoms with Crippen molar-refractivity contribution in [2.45, 2.75) is 12.5 Å². The Balaban J connectivity index is 2.58. The molecule has 0 aliphatic heterocycles. The van der Waals surface area contributed by atoms with Crippen molar-refractivity contribution in [2.24, 2.45) is 0 Å². The maximum atomic E-state index is 8.86. The molecule has 0 spiro atoms. The average molecular weight is 128 g/mol. The van der Waals surface area contributed by atoms with E-state index in [4.69, 9.17) is 5.11 Å². The van der Waals surface area contributed by atoms with E-state index in [0.717, 1.165) is 4.91 Å². The molecule has 0 amide bonds. The van der Waals surface area contributed by atoms with Gasteiger partial charge in [-0.15, -0.1) is 12.6 Å². The molecule has 0 unspecified atom stereocenters. The number of hydrogen-bond donors (Lipinski definition) is 2. The minimum Gasteiger partial charge on any atom is -0.389 e. The Morgan fingerprint density at radius 2 is 2.50 bits per heavy atom. The molecule has 1 atom stereocenters. The topological polar surface area (TPSA) is 20.2 Å². The van der Waals surface area contributed by atoms with Crippen LogP contribution in [0.25, 0.3) is 0 Å². The van der Waals surface area contributed by atoms with Gasteiger partial charge in [0.1, 0.15) is 0 Å². The Kier molecular flexibility index (Phi) is 1.76. The van der Waals surface area contributed by atoms with Crippen LogP contribution in [0.4, 0.5) is 0 Å². The summed E-state index contributed by atoms with van der Waals surface area (Å²) in [5.74, 6) is 0. The number of aliphatic hydroxyl groups is 1. The Morgan fingerprint density at radius 1 is 1.75 bits per heavy atom. The smallest absolute Gasteiger partial charge is 0.0759 e. The van der Waals surface area contributed by atoms with Gasteiger partial charge in [-0.25, -0.2) is 0 Å². The first-order valence-electron chi connectivity index (χ1n) is 2.54. The van der Waals surface area contributed by atoms with Crippen molar-refractivity contribution < 1.29 is 5.11 Å². The molecule has 2 heteroatoms. The van der Waals surface area contributed by atoms with E-state index in [1.54, 1.807) is 12.2 Å². The lowest BCUT2D eigenvalue weighted by molar-refractivity contribution is 0.225. The third-order valence-corrected chi connectivity index (χ3v) is 1.39. The lowest BCUT2D eigenvalue weighted by Gasteiger charge is -2.05. The fourth-order valence-electron chi connectivity index (χ4n) is 0.598. The molecule has 1 N–H and O–H groups in total. The van der Waals surface area contributed by atoms with Crippen LogP contribution >= 0.6 is 12.6 Å². The molecule has 0 saturated carbocycles. The van der Waals surface area contributed by atoms with Crippen LogP contribution in [0, 0.1) is 0 Å². The average Bonchev–Trinajstić information content (AvgIpc) is 1.77. The molecular weight excluding hydrogens is 120 g/mol. The summed E-state index contributed by atoms with van der Waals surface area (Å²) in [6.07, 6.45) is 5.86. The van der Waals surface area contributed by atoms with Gasteiger partial charge < -0.3 is 5.11 Å². The van der Waals surface area contributed by atoms with E-state index < -0.39 is 0 Å². The molecule has 0 fully saturated rings. The second-order valence-corrected chi connectivity index (χ2v) is 2.31. The minimum atomic E-state index is -0.286. The van der Waals surface area contributed by atoms with Gasteiger partial charge in [-0.2, -0.15) is 0 Å². The van der Waals surface area contributed by atoms with E-state index in [1.807, 2.05) is 6.08 Å². The molecule has 44 valence electrons. The SMILES string of the molecule is O[C@@H]1C=CC(S)=CC1. The summed E-state index contributed by atoms with van der Waals surface area (Å²) in [6.45, 7) is 0. The molecular formula is C6H8OS. The zero-order valence-electron chi connectivity index (χ0n) is 4.41. The summed E-state index contributed by atoms with van der Waals surface area (Å²) in [6, 6.07) is 0.